The van der Waals surface area contributed by atoms with Crippen molar-refractivity contribution >= 4 is 21.3 Å². The fourth-order valence-corrected chi connectivity index (χ4v) is 4.10. The summed E-state index contributed by atoms with van der Waals surface area (Å²) in [6.07, 6.45) is 2.69. The Morgan fingerprint density at radius 3 is 2.29 bits per heavy atom. The van der Waals surface area contributed by atoms with Crippen LogP contribution in [0.25, 0.3) is 5.57 Å². The first-order chi connectivity index (χ1) is 11.5. The molecule has 24 heavy (non-hydrogen) atoms. The topological polar surface area (TPSA) is 80.5 Å². The van der Waals surface area contributed by atoms with Crippen molar-refractivity contribution in [3.63, 3.8) is 0 Å². The van der Waals surface area contributed by atoms with E-state index in [9.17, 15) is 18.5 Å². The third kappa shape index (κ3) is 3.22. The molecule has 7 heteroatoms. The number of hydrogen-bond donors (Lipinski definition) is 0. The maximum Gasteiger partial charge on any atom is 0.269 e. The van der Waals surface area contributed by atoms with Gasteiger partial charge in [-0.05, 0) is 29.7 Å². The molecule has 6 nitrogen and oxygen atoms in total. The van der Waals surface area contributed by atoms with Crippen molar-refractivity contribution in [2.75, 3.05) is 13.1 Å². The molecule has 0 radical (unpaired) electrons. The van der Waals surface area contributed by atoms with Crippen LogP contribution >= 0.6 is 0 Å². The molecule has 0 saturated carbocycles. The minimum absolute atomic E-state index is 0.0717. The smallest absolute Gasteiger partial charge is 0.258 e. The second-order valence-electron chi connectivity index (χ2n) is 5.47. The summed E-state index contributed by atoms with van der Waals surface area (Å²) in [4.78, 5) is 10.2. The summed E-state index contributed by atoms with van der Waals surface area (Å²) in [6.45, 7) is 0.693. The SMILES string of the molecule is O=[N+]([O-])c1ccc(S(=O)(=O)N2CCC=C(c3ccccc3)C2)cc1. The first kappa shape index (κ1) is 16.4. The zero-order chi connectivity index (χ0) is 17.2. The van der Waals surface area contributed by atoms with Gasteiger partial charge in [-0.3, -0.25) is 10.1 Å². The van der Waals surface area contributed by atoms with Gasteiger partial charge >= 0.3 is 0 Å². The lowest BCUT2D eigenvalue weighted by molar-refractivity contribution is -0.384. The number of nitrogens with zero attached hydrogens (tertiary/aromatic N) is 2. The summed E-state index contributed by atoms with van der Waals surface area (Å²) in [6, 6.07) is 14.7. The number of non-ortho nitro benzene ring substituents is 1. The van der Waals surface area contributed by atoms with Crippen molar-refractivity contribution in [2.24, 2.45) is 0 Å². The van der Waals surface area contributed by atoms with E-state index in [-0.39, 0.29) is 10.6 Å². The van der Waals surface area contributed by atoms with Gasteiger partial charge in [-0.25, -0.2) is 8.42 Å². The zero-order valence-electron chi connectivity index (χ0n) is 12.8. The molecule has 0 aromatic heterocycles. The van der Waals surface area contributed by atoms with E-state index in [0.717, 1.165) is 11.1 Å². The van der Waals surface area contributed by atoms with E-state index in [4.69, 9.17) is 0 Å². The van der Waals surface area contributed by atoms with E-state index in [2.05, 4.69) is 6.08 Å². The molecule has 0 aliphatic carbocycles. The Hall–Kier alpha value is -2.51. The van der Waals surface area contributed by atoms with Crippen LogP contribution in [0.4, 0.5) is 5.69 Å². The van der Waals surface area contributed by atoms with Gasteiger partial charge in [-0.2, -0.15) is 4.31 Å². The Bertz CT molecular complexity index is 875. The molecule has 2 aromatic rings. The Balaban J connectivity index is 1.85. The highest BCUT2D eigenvalue weighted by atomic mass is 32.2. The maximum atomic E-state index is 12.8. The number of hydrogen-bond acceptors (Lipinski definition) is 4. The summed E-state index contributed by atoms with van der Waals surface area (Å²) in [5.74, 6) is 0. The van der Waals surface area contributed by atoms with Gasteiger partial charge in [0, 0.05) is 25.2 Å². The highest BCUT2D eigenvalue weighted by molar-refractivity contribution is 7.89. The second kappa shape index (κ2) is 6.54. The third-order valence-electron chi connectivity index (χ3n) is 3.95. The highest BCUT2D eigenvalue weighted by Gasteiger charge is 2.27. The van der Waals surface area contributed by atoms with Crippen molar-refractivity contribution in [2.45, 2.75) is 11.3 Å². The van der Waals surface area contributed by atoms with Gasteiger partial charge in [0.15, 0.2) is 0 Å². The molecule has 0 bridgehead atoms. The standard InChI is InChI=1S/C17H16N2O4S/c20-19(21)16-8-10-17(11-9-16)24(22,23)18-12-4-7-15(13-18)14-5-2-1-3-6-14/h1-3,5-11H,4,12-13H2. The van der Waals surface area contributed by atoms with Crippen LogP contribution in [0.1, 0.15) is 12.0 Å². The minimum atomic E-state index is -3.68. The molecule has 0 N–H and O–H groups in total. The van der Waals surface area contributed by atoms with Crippen molar-refractivity contribution in [1.82, 2.24) is 4.31 Å². The van der Waals surface area contributed by atoms with Crippen LogP contribution < -0.4 is 0 Å². The van der Waals surface area contributed by atoms with Gasteiger partial charge in [0.25, 0.3) is 5.69 Å². The van der Waals surface area contributed by atoms with E-state index in [1.165, 1.54) is 28.6 Å². The molecule has 0 atom stereocenters. The number of sulfonamides is 1. The lowest BCUT2D eigenvalue weighted by Gasteiger charge is -2.27. The molecule has 0 spiro atoms. The first-order valence-corrected chi connectivity index (χ1v) is 8.91. The molecule has 1 aliphatic heterocycles. The quantitative estimate of drug-likeness (QED) is 0.630. The molecule has 124 valence electrons. The highest BCUT2D eigenvalue weighted by Crippen LogP contribution is 2.26. The summed E-state index contributed by atoms with van der Waals surface area (Å²) < 4.78 is 27.0. The fraction of sp³-hybridized carbons (Fsp3) is 0.176. The van der Waals surface area contributed by atoms with E-state index in [0.29, 0.717) is 19.5 Å². The molecule has 0 saturated heterocycles. The van der Waals surface area contributed by atoms with E-state index in [1.807, 2.05) is 30.3 Å². The van der Waals surface area contributed by atoms with Crippen LogP contribution in [0.15, 0.2) is 65.6 Å². The molecule has 3 rings (SSSR count). The van der Waals surface area contributed by atoms with Crippen LogP contribution in [0.5, 0.6) is 0 Å². The molecular weight excluding hydrogens is 328 g/mol. The van der Waals surface area contributed by atoms with Crippen LogP contribution in [-0.2, 0) is 10.0 Å². The average Bonchev–Trinajstić information content (AvgIpc) is 2.62. The Kier molecular flexibility index (Phi) is 4.46. The van der Waals surface area contributed by atoms with Gasteiger partial charge in [0.1, 0.15) is 0 Å². The minimum Gasteiger partial charge on any atom is -0.258 e. The molecule has 0 amide bonds. The van der Waals surface area contributed by atoms with Gasteiger partial charge < -0.3 is 0 Å². The molecule has 1 heterocycles. The van der Waals surface area contributed by atoms with Crippen LogP contribution in [0, 0.1) is 10.1 Å². The zero-order valence-corrected chi connectivity index (χ0v) is 13.6. The number of nitro groups is 1. The first-order valence-electron chi connectivity index (χ1n) is 7.47. The van der Waals surface area contributed by atoms with Crippen molar-refractivity contribution < 1.29 is 13.3 Å². The van der Waals surface area contributed by atoms with E-state index in [1.54, 1.807) is 0 Å². The lowest BCUT2D eigenvalue weighted by atomic mass is 10.0. The van der Waals surface area contributed by atoms with Gasteiger partial charge in [-0.1, -0.05) is 36.4 Å². The fourth-order valence-electron chi connectivity index (χ4n) is 2.67. The van der Waals surface area contributed by atoms with Crippen molar-refractivity contribution in [1.29, 1.82) is 0 Å². The Morgan fingerprint density at radius 2 is 1.67 bits per heavy atom. The number of nitro benzene ring substituents is 1. The second-order valence-corrected chi connectivity index (χ2v) is 7.41. The molecule has 2 aromatic carbocycles. The van der Waals surface area contributed by atoms with Gasteiger partial charge in [-0.15, -0.1) is 0 Å². The van der Waals surface area contributed by atoms with Crippen molar-refractivity contribution in [3.05, 3.63) is 76.4 Å². The lowest BCUT2D eigenvalue weighted by Crippen LogP contribution is -2.35. The summed E-state index contributed by atoms with van der Waals surface area (Å²) in [5, 5.41) is 10.7. The Labute approximate surface area is 140 Å². The predicted molar refractivity (Wildman–Crippen MR) is 90.9 cm³/mol. The van der Waals surface area contributed by atoms with E-state index >= 15 is 0 Å². The average molecular weight is 344 g/mol. The van der Waals surface area contributed by atoms with Crippen LogP contribution in [0.3, 0.4) is 0 Å². The maximum absolute atomic E-state index is 12.8. The summed E-state index contributed by atoms with van der Waals surface area (Å²) in [5.41, 5.74) is 1.84. The predicted octanol–water partition coefficient (Wildman–Crippen LogP) is 3.07. The largest absolute Gasteiger partial charge is 0.269 e. The summed E-state index contributed by atoms with van der Waals surface area (Å²) >= 11 is 0. The van der Waals surface area contributed by atoms with E-state index < -0.39 is 14.9 Å². The molecule has 0 unspecified atom stereocenters. The normalized spacial score (nSPS) is 15.8. The molecule has 0 fully saturated rings. The van der Waals surface area contributed by atoms with Crippen molar-refractivity contribution in [3.8, 4) is 0 Å². The van der Waals surface area contributed by atoms with Gasteiger partial charge in [0.2, 0.25) is 10.0 Å². The molecule has 1 aliphatic rings. The number of benzene rings is 2. The number of rotatable bonds is 4. The van der Waals surface area contributed by atoms with Crippen LogP contribution in [0.2, 0.25) is 0 Å². The van der Waals surface area contributed by atoms with Crippen LogP contribution in [-0.4, -0.2) is 30.7 Å². The monoisotopic (exact) mass is 344 g/mol. The third-order valence-corrected chi connectivity index (χ3v) is 5.81. The molecular formula is C17H16N2O4S. The summed E-state index contributed by atoms with van der Waals surface area (Å²) in [7, 11) is -3.68. The van der Waals surface area contributed by atoms with Gasteiger partial charge in [0.05, 0.1) is 9.82 Å². The Morgan fingerprint density at radius 1 is 1.00 bits per heavy atom.